The molecule has 0 aliphatic carbocycles. The number of hydrogen-bond acceptors (Lipinski definition) is 6. The van der Waals surface area contributed by atoms with E-state index in [0.717, 1.165) is 31.5 Å². The lowest BCUT2D eigenvalue weighted by atomic mass is 9.92. The van der Waals surface area contributed by atoms with Crippen LogP contribution in [0, 0.1) is 11.8 Å². The van der Waals surface area contributed by atoms with Gasteiger partial charge in [0.05, 0.1) is 6.42 Å². The Kier molecular flexibility index (Phi) is 4.94. The number of likely N-dealkylation sites (tertiary alicyclic amines) is 1. The van der Waals surface area contributed by atoms with Gasteiger partial charge < -0.3 is 16.0 Å². The first-order chi connectivity index (χ1) is 9.54. The van der Waals surface area contributed by atoms with E-state index < -0.39 is 0 Å². The van der Waals surface area contributed by atoms with Crippen LogP contribution in [0.5, 0.6) is 0 Å². The van der Waals surface area contributed by atoms with Gasteiger partial charge in [-0.3, -0.25) is 4.79 Å². The monoisotopic (exact) mass is 281 g/mol. The quantitative estimate of drug-likeness (QED) is 0.805. The maximum Gasteiger partial charge on any atom is 0.226 e. The number of anilines is 1. The molecule has 7 nitrogen and oxygen atoms in total. The lowest BCUT2D eigenvalue weighted by Gasteiger charge is -2.34. The normalized spacial score (nSPS) is 23.7. The van der Waals surface area contributed by atoms with E-state index >= 15 is 0 Å². The molecular weight excluding hydrogens is 258 g/mol. The van der Waals surface area contributed by atoms with Crippen LogP contribution in [0.2, 0.25) is 0 Å². The summed E-state index contributed by atoms with van der Waals surface area (Å²) in [6, 6.07) is 0. The van der Waals surface area contributed by atoms with Gasteiger partial charge >= 0.3 is 0 Å². The Morgan fingerprint density at radius 1 is 1.40 bits per heavy atom. The minimum absolute atomic E-state index is 0.106. The first kappa shape index (κ1) is 14.8. The van der Waals surface area contributed by atoms with Gasteiger partial charge in [0.1, 0.15) is 5.69 Å². The number of aromatic nitrogens is 2. The molecule has 2 heterocycles. The number of piperidine rings is 1. The Hall–Kier alpha value is -1.63. The highest BCUT2D eigenvalue weighted by Gasteiger charge is 2.21. The second-order valence-corrected chi connectivity index (χ2v) is 5.83. The molecule has 20 heavy (non-hydrogen) atoms. The van der Waals surface area contributed by atoms with Crippen LogP contribution in [-0.4, -0.2) is 47.3 Å². The van der Waals surface area contributed by atoms with Crippen molar-refractivity contribution in [1.29, 1.82) is 0 Å². The molecule has 1 aromatic rings. The zero-order valence-corrected chi connectivity index (χ0v) is 12.1. The smallest absolute Gasteiger partial charge is 0.226 e. The Bertz CT molecular complexity index is 438. The molecule has 0 radical (unpaired) electrons. The molecule has 0 bridgehead atoms. The minimum Gasteiger partial charge on any atom is -0.379 e. The Balaban J connectivity index is 1.68. The highest BCUT2D eigenvalue weighted by atomic mass is 16.6. The molecule has 1 aromatic heterocycles. The maximum absolute atomic E-state index is 11.7. The van der Waals surface area contributed by atoms with Crippen molar-refractivity contribution in [2.45, 2.75) is 26.7 Å². The van der Waals surface area contributed by atoms with Gasteiger partial charge in [-0.2, -0.15) is 0 Å². The molecule has 2 atom stereocenters. The third-order valence-electron chi connectivity index (χ3n) is 3.61. The lowest BCUT2D eigenvalue weighted by Crippen LogP contribution is -2.43. The topological polar surface area (TPSA) is 97.3 Å². The number of nitrogens with one attached hydrogen (secondary N) is 1. The summed E-state index contributed by atoms with van der Waals surface area (Å²) in [6.07, 6.45) is 1.41. The summed E-state index contributed by atoms with van der Waals surface area (Å²) in [5.74, 6) is 1.54. The Morgan fingerprint density at radius 2 is 2.10 bits per heavy atom. The molecule has 0 aromatic carbocycles. The Labute approximate surface area is 118 Å². The highest BCUT2D eigenvalue weighted by molar-refractivity contribution is 5.79. The van der Waals surface area contributed by atoms with Gasteiger partial charge in [-0.25, -0.2) is 4.63 Å². The molecule has 112 valence electrons. The van der Waals surface area contributed by atoms with Crippen molar-refractivity contribution in [2.75, 3.05) is 31.9 Å². The number of nitrogens with zero attached hydrogens (tertiary/aromatic N) is 3. The maximum atomic E-state index is 11.7. The Morgan fingerprint density at radius 3 is 2.70 bits per heavy atom. The molecule has 2 rings (SSSR count). The average Bonchev–Trinajstić information content (AvgIpc) is 2.73. The number of nitrogen functional groups attached to an aromatic ring is 1. The summed E-state index contributed by atoms with van der Waals surface area (Å²) in [4.78, 5) is 14.1. The first-order valence-corrected chi connectivity index (χ1v) is 7.10. The van der Waals surface area contributed by atoms with E-state index in [9.17, 15) is 4.79 Å². The van der Waals surface area contributed by atoms with Crippen LogP contribution in [0.4, 0.5) is 5.82 Å². The molecule has 7 heteroatoms. The van der Waals surface area contributed by atoms with Crippen molar-refractivity contribution >= 4 is 11.7 Å². The van der Waals surface area contributed by atoms with E-state index in [1.54, 1.807) is 0 Å². The van der Waals surface area contributed by atoms with E-state index in [0.29, 0.717) is 12.2 Å². The summed E-state index contributed by atoms with van der Waals surface area (Å²) in [6.45, 7) is 8.31. The molecule has 0 saturated carbocycles. The molecule has 3 N–H and O–H groups in total. The number of rotatable bonds is 5. The predicted molar refractivity (Wildman–Crippen MR) is 74.8 cm³/mol. The fraction of sp³-hybridized carbons (Fsp3) is 0.769. The van der Waals surface area contributed by atoms with Gasteiger partial charge in [-0.1, -0.05) is 19.0 Å². The number of nitrogens with two attached hydrogens (primary N) is 1. The second-order valence-electron chi connectivity index (χ2n) is 5.83. The fourth-order valence-electron chi connectivity index (χ4n) is 2.88. The van der Waals surface area contributed by atoms with Gasteiger partial charge in [-0.15, -0.1) is 0 Å². The van der Waals surface area contributed by atoms with Gasteiger partial charge in [0, 0.05) is 26.2 Å². The molecule has 1 fully saturated rings. The second kappa shape index (κ2) is 6.69. The fourth-order valence-corrected chi connectivity index (χ4v) is 2.88. The van der Waals surface area contributed by atoms with Crippen LogP contribution in [0.3, 0.4) is 0 Å². The van der Waals surface area contributed by atoms with Crippen molar-refractivity contribution in [3.8, 4) is 0 Å². The lowest BCUT2D eigenvalue weighted by molar-refractivity contribution is -0.120. The third kappa shape index (κ3) is 4.19. The molecule has 1 aliphatic rings. The summed E-state index contributed by atoms with van der Waals surface area (Å²) < 4.78 is 4.46. The molecule has 1 saturated heterocycles. The van der Waals surface area contributed by atoms with Crippen molar-refractivity contribution in [3.63, 3.8) is 0 Å². The van der Waals surface area contributed by atoms with Crippen LogP contribution >= 0.6 is 0 Å². The summed E-state index contributed by atoms with van der Waals surface area (Å²) >= 11 is 0. The standard InChI is InChI=1S/C13H23N5O2/c1-9-5-10(2)8-18(7-9)4-3-15-12(19)6-11-13(14)17-20-16-11/h9-10H,3-8H2,1-2H3,(H2,14,17)(H,15,19)/t9-,10+. The number of carbonyl (C=O) groups excluding carboxylic acids is 1. The number of carbonyl (C=O) groups is 1. The highest BCUT2D eigenvalue weighted by Crippen LogP contribution is 2.20. The van der Waals surface area contributed by atoms with Crippen LogP contribution in [0.25, 0.3) is 0 Å². The van der Waals surface area contributed by atoms with E-state index in [-0.39, 0.29) is 18.1 Å². The minimum atomic E-state index is -0.106. The zero-order valence-electron chi connectivity index (χ0n) is 12.1. The van der Waals surface area contributed by atoms with Gasteiger partial charge in [0.15, 0.2) is 5.82 Å². The number of hydrogen-bond donors (Lipinski definition) is 2. The van der Waals surface area contributed by atoms with Crippen LogP contribution in [-0.2, 0) is 11.2 Å². The summed E-state index contributed by atoms with van der Waals surface area (Å²) in [7, 11) is 0. The van der Waals surface area contributed by atoms with E-state index in [4.69, 9.17) is 5.73 Å². The van der Waals surface area contributed by atoms with Crippen molar-refractivity contribution < 1.29 is 9.42 Å². The van der Waals surface area contributed by atoms with Gasteiger partial charge in [-0.05, 0) is 23.4 Å². The van der Waals surface area contributed by atoms with Crippen molar-refractivity contribution in [3.05, 3.63) is 5.69 Å². The van der Waals surface area contributed by atoms with Gasteiger partial charge in [0.25, 0.3) is 0 Å². The van der Waals surface area contributed by atoms with Crippen molar-refractivity contribution in [1.82, 2.24) is 20.5 Å². The molecule has 1 amide bonds. The van der Waals surface area contributed by atoms with Crippen molar-refractivity contribution in [2.24, 2.45) is 11.8 Å². The largest absolute Gasteiger partial charge is 0.379 e. The third-order valence-corrected chi connectivity index (χ3v) is 3.61. The molecule has 0 unspecified atom stereocenters. The number of amides is 1. The molecule has 0 spiro atoms. The van der Waals surface area contributed by atoms with Crippen LogP contribution in [0.1, 0.15) is 26.0 Å². The van der Waals surface area contributed by atoms with E-state index in [1.807, 2.05) is 0 Å². The van der Waals surface area contributed by atoms with Crippen LogP contribution < -0.4 is 11.1 Å². The SMILES string of the molecule is C[C@@H]1C[C@H](C)CN(CCNC(=O)Cc2nonc2N)C1. The summed E-state index contributed by atoms with van der Waals surface area (Å²) in [5, 5.41) is 9.91. The first-order valence-electron chi connectivity index (χ1n) is 7.10. The van der Waals surface area contributed by atoms with E-state index in [1.165, 1.54) is 6.42 Å². The zero-order chi connectivity index (χ0) is 14.5. The van der Waals surface area contributed by atoms with E-state index in [2.05, 4.69) is 39.0 Å². The van der Waals surface area contributed by atoms with Crippen LogP contribution in [0.15, 0.2) is 4.63 Å². The average molecular weight is 281 g/mol. The predicted octanol–water partition coefficient (Wildman–Crippen LogP) is 0.288. The summed E-state index contributed by atoms with van der Waals surface area (Å²) in [5.41, 5.74) is 5.90. The molecule has 1 aliphatic heterocycles. The van der Waals surface area contributed by atoms with Gasteiger partial charge in [0.2, 0.25) is 5.91 Å². The molecular formula is C13H23N5O2.